The largest absolute Gasteiger partial charge is 0.487 e. The van der Waals surface area contributed by atoms with E-state index in [4.69, 9.17) is 14.2 Å². The van der Waals surface area contributed by atoms with Crippen LogP contribution in [0.15, 0.2) is 72.9 Å². The summed E-state index contributed by atoms with van der Waals surface area (Å²) in [5, 5.41) is 0. The SMILES string of the molecule is CC1CC(c2ccc(OCc3ccccn3)cc2)(c2ccc(C3OC(C)O3)cc2)C1. The lowest BCUT2D eigenvalue weighted by Gasteiger charge is -2.48. The highest BCUT2D eigenvalue weighted by Crippen LogP contribution is 2.52. The molecule has 0 spiro atoms. The number of ether oxygens (including phenoxy) is 3. The average molecular weight is 402 g/mol. The Labute approximate surface area is 177 Å². The van der Waals surface area contributed by atoms with Crippen LogP contribution in [0.3, 0.4) is 0 Å². The molecule has 154 valence electrons. The first-order valence-corrected chi connectivity index (χ1v) is 10.7. The number of hydrogen-bond acceptors (Lipinski definition) is 4. The van der Waals surface area contributed by atoms with Crippen LogP contribution < -0.4 is 4.74 Å². The van der Waals surface area contributed by atoms with E-state index >= 15 is 0 Å². The quantitative estimate of drug-likeness (QED) is 0.526. The summed E-state index contributed by atoms with van der Waals surface area (Å²) in [4.78, 5) is 4.31. The smallest absolute Gasteiger partial charge is 0.189 e. The lowest BCUT2D eigenvalue weighted by atomic mass is 9.56. The van der Waals surface area contributed by atoms with Gasteiger partial charge in [-0.25, -0.2) is 0 Å². The van der Waals surface area contributed by atoms with Crippen LogP contribution in [0.1, 0.15) is 55.4 Å². The predicted molar refractivity (Wildman–Crippen MR) is 115 cm³/mol. The van der Waals surface area contributed by atoms with E-state index in [0.29, 0.717) is 6.61 Å². The Hall–Kier alpha value is -2.69. The highest BCUT2D eigenvalue weighted by molar-refractivity contribution is 5.45. The van der Waals surface area contributed by atoms with E-state index in [9.17, 15) is 0 Å². The zero-order valence-corrected chi connectivity index (χ0v) is 17.5. The van der Waals surface area contributed by atoms with Crippen LogP contribution in [0, 0.1) is 5.92 Å². The molecule has 0 unspecified atom stereocenters. The van der Waals surface area contributed by atoms with Gasteiger partial charge in [0.05, 0.1) is 5.69 Å². The summed E-state index contributed by atoms with van der Waals surface area (Å²) in [6.45, 7) is 4.72. The molecule has 30 heavy (non-hydrogen) atoms. The van der Waals surface area contributed by atoms with Crippen molar-refractivity contribution in [3.63, 3.8) is 0 Å². The van der Waals surface area contributed by atoms with Crippen molar-refractivity contribution in [2.45, 2.75) is 51.3 Å². The fourth-order valence-corrected chi connectivity index (χ4v) is 4.75. The number of pyridine rings is 1. The van der Waals surface area contributed by atoms with E-state index in [2.05, 4.69) is 60.4 Å². The van der Waals surface area contributed by atoms with Gasteiger partial charge in [-0.05, 0) is 61.1 Å². The number of rotatable bonds is 6. The third-order valence-corrected chi connectivity index (χ3v) is 6.28. The zero-order chi connectivity index (χ0) is 20.6. The second-order valence-electron chi connectivity index (χ2n) is 8.52. The van der Waals surface area contributed by atoms with E-state index < -0.39 is 0 Å². The van der Waals surface area contributed by atoms with Crippen molar-refractivity contribution in [1.29, 1.82) is 0 Å². The van der Waals surface area contributed by atoms with Crippen LogP contribution in [-0.2, 0) is 21.5 Å². The molecule has 0 bridgehead atoms. The molecule has 1 aromatic heterocycles. The van der Waals surface area contributed by atoms with Gasteiger partial charge in [0.15, 0.2) is 12.6 Å². The summed E-state index contributed by atoms with van der Waals surface area (Å²) in [7, 11) is 0. The van der Waals surface area contributed by atoms with E-state index in [1.54, 1.807) is 6.20 Å². The molecule has 4 heteroatoms. The maximum atomic E-state index is 5.92. The summed E-state index contributed by atoms with van der Waals surface area (Å²) in [6, 6.07) is 23.2. The standard InChI is InChI=1S/C26H27NO3/c1-18-15-26(16-18,21-8-6-20(7-9-21)25-29-19(2)30-25)22-10-12-24(13-11-22)28-17-23-5-3-4-14-27-23/h3-14,18-19,25H,15-17H2,1-2H3. The van der Waals surface area contributed by atoms with Gasteiger partial charge >= 0.3 is 0 Å². The molecule has 3 aromatic rings. The Kier molecular flexibility index (Phi) is 5.05. The summed E-state index contributed by atoms with van der Waals surface area (Å²) in [5.41, 5.74) is 4.80. The Morgan fingerprint density at radius 1 is 0.900 bits per heavy atom. The molecular formula is C26H27NO3. The van der Waals surface area contributed by atoms with Gasteiger partial charge in [0.25, 0.3) is 0 Å². The minimum atomic E-state index is -0.221. The van der Waals surface area contributed by atoms with Crippen LogP contribution >= 0.6 is 0 Å². The lowest BCUT2D eigenvalue weighted by Crippen LogP contribution is -2.41. The molecule has 2 aliphatic rings. The third-order valence-electron chi connectivity index (χ3n) is 6.28. The topological polar surface area (TPSA) is 40.6 Å². The van der Waals surface area contributed by atoms with Gasteiger partial charge < -0.3 is 14.2 Å². The van der Waals surface area contributed by atoms with E-state index in [0.717, 1.165) is 35.8 Å². The summed E-state index contributed by atoms with van der Waals surface area (Å²) < 4.78 is 17.2. The van der Waals surface area contributed by atoms with Crippen LogP contribution in [0.4, 0.5) is 0 Å². The van der Waals surface area contributed by atoms with Gasteiger partial charge in [-0.3, -0.25) is 4.98 Å². The van der Waals surface area contributed by atoms with E-state index in [1.807, 2.05) is 25.1 Å². The Balaban J connectivity index is 1.32. The number of aromatic nitrogens is 1. The van der Waals surface area contributed by atoms with Gasteiger partial charge in [0, 0.05) is 17.2 Å². The van der Waals surface area contributed by atoms with Crippen molar-refractivity contribution in [3.05, 3.63) is 95.3 Å². The monoisotopic (exact) mass is 401 g/mol. The molecule has 2 aromatic carbocycles. The first kappa shape index (κ1) is 19.3. The minimum absolute atomic E-state index is 0.0755. The first-order valence-electron chi connectivity index (χ1n) is 10.7. The molecule has 0 amide bonds. The summed E-state index contributed by atoms with van der Waals surface area (Å²) in [6.07, 6.45) is 3.79. The minimum Gasteiger partial charge on any atom is -0.487 e. The number of benzene rings is 2. The molecule has 0 atom stereocenters. The lowest BCUT2D eigenvalue weighted by molar-refractivity contribution is -0.382. The van der Waals surface area contributed by atoms with Gasteiger partial charge in [-0.1, -0.05) is 49.4 Å². The molecule has 4 nitrogen and oxygen atoms in total. The van der Waals surface area contributed by atoms with Crippen molar-refractivity contribution < 1.29 is 14.2 Å². The molecule has 0 radical (unpaired) electrons. The summed E-state index contributed by atoms with van der Waals surface area (Å²) in [5.74, 6) is 1.60. The predicted octanol–water partition coefficient (Wildman–Crippen LogP) is 5.77. The Bertz CT molecular complexity index is 973. The Morgan fingerprint density at radius 2 is 1.57 bits per heavy atom. The van der Waals surface area contributed by atoms with Crippen molar-refractivity contribution in [2.24, 2.45) is 5.92 Å². The van der Waals surface area contributed by atoms with Crippen LogP contribution in [0.5, 0.6) is 5.75 Å². The highest BCUT2D eigenvalue weighted by Gasteiger charge is 2.44. The molecule has 0 N–H and O–H groups in total. The van der Waals surface area contributed by atoms with Gasteiger partial charge in [0.2, 0.25) is 0 Å². The maximum absolute atomic E-state index is 5.92. The normalized spacial score (nSPS) is 27.7. The molecule has 2 heterocycles. The van der Waals surface area contributed by atoms with Crippen LogP contribution in [-0.4, -0.2) is 11.3 Å². The van der Waals surface area contributed by atoms with E-state index in [-0.39, 0.29) is 18.0 Å². The summed E-state index contributed by atoms with van der Waals surface area (Å²) >= 11 is 0. The zero-order valence-electron chi connectivity index (χ0n) is 17.5. The molecule has 1 aliphatic heterocycles. The van der Waals surface area contributed by atoms with Gasteiger partial charge in [-0.2, -0.15) is 0 Å². The second kappa shape index (κ2) is 7.86. The molecule has 1 saturated heterocycles. The van der Waals surface area contributed by atoms with Gasteiger partial charge in [-0.15, -0.1) is 0 Å². The molecule has 2 fully saturated rings. The van der Waals surface area contributed by atoms with Crippen molar-refractivity contribution >= 4 is 0 Å². The molecular weight excluding hydrogens is 374 g/mol. The molecule has 1 saturated carbocycles. The second-order valence-corrected chi connectivity index (χ2v) is 8.52. The van der Waals surface area contributed by atoms with Gasteiger partial charge in [0.1, 0.15) is 12.4 Å². The van der Waals surface area contributed by atoms with Crippen molar-refractivity contribution in [2.75, 3.05) is 0 Å². The van der Waals surface area contributed by atoms with Crippen LogP contribution in [0.25, 0.3) is 0 Å². The number of nitrogens with zero attached hydrogens (tertiary/aromatic N) is 1. The fraction of sp³-hybridized carbons (Fsp3) is 0.346. The average Bonchev–Trinajstić information content (AvgIpc) is 2.74. The fourth-order valence-electron chi connectivity index (χ4n) is 4.75. The van der Waals surface area contributed by atoms with E-state index in [1.165, 1.54) is 11.1 Å². The molecule has 1 aliphatic carbocycles. The van der Waals surface area contributed by atoms with Crippen LogP contribution in [0.2, 0.25) is 0 Å². The van der Waals surface area contributed by atoms with Crippen molar-refractivity contribution in [1.82, 2.24) is 4.98 Å². The maximum Gasteiger partial charge on any atom is 0.189 e. The van der Waals surface area contributed by atoms with Crippen molar-refractivity contribution in [3.8, 4) is 5.75 Å². The highest BCUT2D eigenvalue weighted by atomic mass is 16.9. The third kappa shape index (κ3) is 3.62. The Morgan fingerprint density at radius 3 is 2.13 bits per heavy atom. The first-order chi connectivity index (χ1) is 14.6. The molecule has 5 rings (SSSR count). The number of hydrogen-bond donors (Lipinski definition) is 0.